The van der Waals surface area contributed by atoms with Crippen LogP contribution in [0.2, 0.25) is 0 Å². The third kappa shape index (κ3) is 3.32. The molecule has 1 heterocycles. The molecule has 4 N–H and O–H groups in total. The molecule has 5 nitrogen and oxygen atoms in total. The van der Waals surface area contributed by atoms with Gasteiger partial charge in [0, 0.05) is 6.20 Å². The maximum absolute atomic E-state index is 9.17. The summed E-state index contributed by atoms with van der Waals surface area (Å²) in [7, 11) is 0. The molecule has 0 aromatic carbocycles. The van der Waals surface area contributed by atoms with Crippen LogP contribution in [0.3, 0.4) is 0 Å². The number of nitrogen functional groups attached to an aromatic ring is 1. The highest BCUT2D eigenvalue weighted by atomic mass is 79.9. The number of aliphatic hydroxyl groups is 1. The minimum absolute atomic E-state index is 0.0457. The Labute approximate surface area is 97.2 Å². The van der Waals surface area contributed by atoms with E-state index < -0.39 is 0 Å². The van der Waals surface area contributed by atoms with E-state index in [0.717, 1.165) is 4.47 Å². The summed E-state index contributed by atoms with van der Waals surface area (Å²) in [6, 6.07) is -0.0457. The van der Waals surface area contributed by atoms with Gasteiger partial charge in [0.25, 0.3) is 0 Å². The van der Waals surface area contributed by atoms with Gasteiger partial charge in [0.15, 0.2) is 0 Å². The Balaban J connectivity index is 2.82. The summed E-state index contributed by atoms with van der Waals surface area (Å²) < 4.78 is 0.732. The van der Waals surface area contributed by atoms with E-state index in [1.807, 2.05) is 13.8 Å². The summed E-state index contributed by atoms with van der Waals surface area (Å²) >= 11 is 3.31. The minimum Gasteiger partial charge on any atom is -0.394 e. The van der Waals surface area contributed by atoms with Crippen molar-refractivity contribution in [1.82, 2.24) is 9.97 Å². The summed E-state index contributed by atoms with van der Waals surface area (Å²) in [6.07, 6.45) is 1.58. The van der Waals surface area contributed by atoms with Crippen LogP contribution in [0.1, 0.15) is 13.8 Å². The molecule has 0 amide bonds. The summed E-state index contributed by atoms with van der Waals surface area (Å²) in [4.78, 5) is 7.88. The molecule has 1 aromatic rings. The first-order valence-corrected chi connectivity index (χ1v) is 5.49. The molecule has 1 atom stereocenters. The standard InChI is InChI=1S/C9H15BrN4O/c1-5(2)7(4-15)13-8-6(10)3-12-9(11)14-8/h3,5,7,15H,4H2,1-2H3,(H3,11,12,13,14)/t7-/m0/s1. The second kappa shape index (κ2) is 5.27. The normalized spacial score (nSPS) is 12.9. The van der Waals surface area contributed by atoms with Gasteiger partial charge in [0.05, 0.1) is 17.1 Å². The molecule has 0 aliphatic heterocycles. The fraction of sp³-hybridized carbons (Fsp3) is 0.556. The Kier molecular flexibility index (Phi) is 4.28. The molecule has 0 aliphatic carbocycles. The zero-order valence-corrected chi connectivity index (χ0v) is 10.3. The van der Waals surface area contributed by atoms with Crippen molar-refractivity contribution < 1.29 is 5.11 Å². The molecule has 1 aromatic heterocycles. The number of nitrogens with one attached hydrogen (secondary N) is 1. The fourth-order valence-electron chi connectivity index (χ4n) is 1.08. The molecular weight excluding hydrogens is 260 g/mol. The number of aliphatic hydroxyl groups excluding tert-OH is 1. The maximum Gasteiger partial charge on any atom is 0.221 e. The van der Waals surface area contributed by atoms with E-state index in [0.29, 0.717) is 11.7 Å². The number of nitrogens with two attached hydrogens (primary N) is 1. The molecule has 0 saturated carbocycles. The van der Waals surface area contributed by atoms with Crippen molar-refractivity contribution in [3.8, 4) is 0 Å². The van der Waals surface area contributed by atoms with Gasteiger partial charge in [-0.15, -0.1) is 0 Å². The van der Waals surface area contributed by atoms with Crippen molar-refractivity contribution in [1.29, 1.82) is 0 Å². The number of hydrogen-bond acceptors (Lipinski definition) is 5. The summed E-state index contributed by atoms with van der Waals surface area (Å²) in [5.74, 6) is 1.12. The monoisotopic (exact) mass is 274 g/mol. The summed E-state index contributed by atoms with van der Waals surface area (Å²) in [6.45, 7) is 4.09. The molecule has 84 valence electrons. The Hall–Kier alpha value is -0.880. The smallest absolute Gasteiger partial charge is 0.221 e. The summed E-state index contributed by atoms with van der Waals surface area (Å²) in [5, 5.41) is 12.3. The van der Waals surface area contributed by atoms with Crippen LogP contribution in [-0.4, -0.2) is 27.7 Å². The van der Waals surface area contributed by atoms with Crippen LogP contribution in [0.15, 0.2) is 10.7 Å². The van der Waals surface area contributed by atoms with Crippen LogP contribution >= 0.6 is 15.9 Å². The Bertz CT molecular complexity index is 332. The second-order valence-electron chi connectivity index (χ2n) is 3.60. The lowest BCUT2D eigenvalue weighted by Crippen LogP contribution is -2.30. The van der Waals surface area contributed by atoms with Crippen LogP contribution in [0.5, 0.6) is 0 Å². The minimum atomic E-state index is -0.0457. The lowest BCUT2D eigenvalue weighted by molar-refractivity contribution is 0.249. The maximum atomic E-state index is 9.17. The first-order chi connectivity index (χ1) is 7.04. The molecular formula is C9H15BrN4O. The highest BCUT2D eigenvalue weighted by Crippen LogP contribution is 2.21. The summed E-state index contributed by atoms with van der Waals surface area (Å²) in [5.41, 5.74) is 5.48. The Morgan fingerprint density at radius 3 is 2.80 bits per heavy atom. The second-order valence-corrected chi connectivity index (χ2v) is 4.46. The number of rotatable bonds is 4. The van der Waals surface area contributed by atoms with Crippen molar-refractivity contribution in [3.63, 3.8) is 0 Å². The van der Waals surface area contributed by atoms with E-state index in [9.17, 15) is 0 Å². The van der Waals surface area contributed by atoms with Crippen LogP contribution in [0.25, 0.3) is 0 Å². The van der Waals surface area contributed by atoms with E-state index in [4.69, 9.17) is 10.8 Å². The Morgan fingerprint density at radius 2 is 2.27 bits per heavy atom. The van der Waals surface area contributed by atoms with E-state index in [1.54, 1.807) is 6.20 Å². The molecule has 0 saturated heterocycles. The predicted octanol–water partition coefficient (Wildman–Crippen LogP) is 1.25. The first-order valence-electron chi connectivity index (χ1n) is 4.70. The van der Waals surface area contributed by atoms with Gasteiger partial charge >= 0.3 is 0 Å². The third-order valence-electron chi connectivity index (χ3n) is 2.09. The van der Waals surface area contributed by atoms with Crippen LogP contribution < -0.4 is 11.1 Å². The van der Waals surface area contributed by atoms with Gasteiger partial charge in [0.1, 0.15) is 5.82 Å². The van der Waals surface area contributed by atoms with Crippen molar-refractivity contribution in [2.75, 3.05) is 17.7 Å². The van der Waals surface area contributed by atoms with Gasteiger partial charge in [-0.3, -0.25) is 0 Å². The van der Waals surface area contributed by atoms with Gasteiger partial charge in [-0.1, -0.05) is 13.8 Å². The molecule has 15 heavy (non-hydrogen) atoms. The van der Waals surface area contributed by atoms with Gasteiger partial charge in [-0.2, -0.15) is 4.98 Å². The molecule has 0 aliphatic rings. The van der Waals surface area contributed by atoms with E-state index in [1.165, 1.54) is 0 Å². The first kappa shape index (κ1) is 12.2. The average molecular weight is 275 g/mol. The third-order valence-corrected chi connectivity index (χ3v) is 2.67. The van der Waals surface area contributed by atoms with Crippen LogP contribution in [-0.2, 0) is 0 Å². The molecule has 0 fully saturated rings. The molecule has 0 spiro atoms. The molecule has 1 rings (SSSR count). The van der Waals surface area contributed by atoms with Gasteiger partial charge < -0.3 is 16.2 Å². The highest BCUT2D eigenvalue weighted by Gasteiger charge is 2.14. The van der Waals surface area contributed by atoms with Gasteiger partial charge in [-0.25, -0.2) is 4.98 Å². The largest absolute Gasteiger partial charge is 0.394 e. The average Bonchev–Trinajstić information content (AvgIpc) is 2.18. The fourth-order valence-corrected chi connectivity index (χ4v) is 1.39. The van der Waals surface area contributed by atoms with E-state index in [-0.39, 0.29) is 18.6 Å². The quantitative estimate of drug-likeness (QED) is 0.770. The number of nitrogens with zero attached hydrogens (tertiary/aromatic N) is 2. The van der Waals surface area contributed by atoms with Gasteiger partial charge in [0.2, 0.25) is 5.95 Å². The zero-order chi connectivity index (χ0) is 11.4. The topological polar surface area (TPSA) is 84.1 Å². The Morgan fingerprint density at radius 1 is 1.60 bits per heavy atom. The van der Waals surface area contributed by atoms with Crippen LogP contribution in [0.4, 0.5) is 11.8 Å². The number of aromatic nitrogens is 2. The number of anilines is 2. The molecule has 0 unspecified atom stereocenters. The lowest BCUT2D eigenvalue weighted by Gasteiger charge is -2.21. The molecule has 0 bridgehead atoms. The van der Waals surface area contributed by atoms with Crippen molar-refractivity contribution in [2.45, 2.75) is 19.9 Å². The predicted molar refractivity (Wildman–Crippen MR) is 63.5 cm³/mol. The van der Waals surface area contributed by atoms with E-state index >= 15 is 0 Å². The number of hydrogen-bond donors (Lipinski definition) is 3. The van der Waals surface area contributed by atoms with Crippen molar-refractivity contribution in [2.24, 2.45) is 5.92 Å². The SMILES string of the molecule is CC(C)[C@H](CO)Nc1nc(N)ncc1Br. The van der Waals surface area contributed by atoms with Crippen molar-refractivity contribution in [3.05, 3.63) is 10.7 Å². The highest BCUT2D eigenvalue weighted by molar-refractivity contribution is 9.10. The van der Waals surface area contributed by atoms with Crippen molar-refractivity contribution >= 4 is 27.7 Å². The zero-order valence-electron chi connectivity index (χ0n) is 8.74. The number of halogens is 1. The van der Waals surface area contributed by atoms with E-state index in [2.05, 4.69) is 31.2 Å². The van der Waals surface area contributed by atoms with Crippen LogP contribution in [0, 0.1) is 5.92 Å². The molecule has 0 radical (unpaired) electrons. The lowest BCUT2D eigenvalue weighted by atomic mass is 10.1. The van der Waals surface area contributed by atoms with Gasteiger partial charge in [-0.05, 0) is 21.8 Å². The molecule has 6 heteroatoms.